The molecule has 0 spiro atoms. The van der Waals surface area contributed by atoms with E-state index in [0.717, 1.165) is 43.9 Å². The van der Waals surface area contributed by atoms with E-state index in [2.05, 4.69) is 19.6 Å². The maximum atomic E-state index is 13.2. The second kappa shape index (κ2) is 7.40. The number of hydrogen-bond acceptors (Lipinski definition) is 5. The standard InChI is InChI=1S/C16H18F2N4O2S/c17-13-7-12(8-14(18)9-13)11-25(23,24)20-10-15-19-4-3-16(21-15)22-5-1-2-6-22/h3-4,7-9,20H,1-2,5-6,10-11H2. The molecule has 1 aliphatic heterocycles. The SMILES string of the molecule is O=S(=O)(Cc1cc(F)cc(F)c1)NCc1nccc(N2CCCC2)n1. The Bertz CT molecular complexity index is 835. The summed E-state index contributed by atoms with van der Waals surface area (Å²) in [5, 5.41) is 0. The number of anilines is 1. The molecule has 1 aromatic carbocycles. The highest BCUT2D eigenvalue weighted by atomic mass is 32.2. The zero-order valence-electron chi connectivity index (χ0n) is 13.5. The predicted molar refractivity (Wildman–Crippen MR) is 89.3 cm³/mol. The first-order chi connectivity index (χ1) is 11.9. The Balaban J connectivity index is 1.64. The van der Waals surface area contributed by atoms with Gasteiger partial charge in [0.15, 0.2) is 0 Å². The minimum absolute atomic E-state index is 0.0386. The normalized spacial score (nSPS) is 14.9. The predicted octanol–water partition coefficient (Wildman–Crippen LogP) is 1.97. The molecule has 3 rings (SSSR count). The van der Waals surface area contributed by atoms with Crippen molar-refractivity contribution in [2.45, 2.75) is 25.1 Å². The third kappa shape index (κ3) is 4.93. The Morgan fingerprint density at radius 3 is 2.48 bits per heavy atom. The maximum Gasteiger partial charge on any atom is 0.216 e. The number of benzene rings is 1. The van der Waals surface area contributed by atoms with Crippen LogP contribution in [0, 0.1) is 11.6 Å². The second-order valence-electron chi connectivity index (χ2n) is 5.88. The van der Waals surface area contributed by atoms with E-state index in [1.807, 2.05) is 0 Å². The molecule has 0 radical (unpaired) electrons. The molecule has 134 valence electrons. The van der Waals surface area contributed by atoms with Crippen LogP contribution in [0.25, 0.3) is 0 Å². The molecular weight excluding hydrogens is 350 g/mol. The van der Waals surface area contributed by atoms with Crippen LogP contribution in [0.5, 0.6) is 0 Å². The number of aromatic nitrogens is 2. The Kier molecular flexibility index (Phi) is 5.24. The van der Waals surface area contributed by atoms with Gasteiger partial charge in [-0.1, -0.05) is 0 Å². The molecule has 2 heterocycles. The number of halogens is 2. The lowest BCUT2D eigenvalue weighted by atomic mass is 10.2. The van der Waals surface area contributed by atoms with Gasteiger partial charge in [0, 0.05) is 25.4 Å². The van der Waals surface area contributed by atoms with E-state index in [-0.39, 0.29) is 12.1 Å². The summed E-state index contributed by atoms with van der Waals surface area (Å²) in [6, 6.07) is 4.47. The van der Waals surface area contributed by atoms with Gasteiger partial charge in [-0.25, -0.2) is 31.9 Å². The van der Waals surface area contributed by atoms with Gasteiger partial charge in [0.05, 0.1) is 12.3 Å². The van der Waals surface area contributed by atoms with Crippen molar-refractivity contribution in [2.24, 2.45) is 0 Å². The highest BCUT2D eigenvalue weighted by Crippen LogP contribution is 2.17. The van der Waals surface area contributed by atoms with Gasteiger partial charge in [0.25, 0.3) is 0 Å². The van der Waals surface area contributed by atoms with Crippen LogP contribution in [-0.4, -0.2) is 31.5 Å². The van der Waals surface area contributed by atoms with Crippen molar-refractivity contribution in [3.8, 4) is 0 Å². The number of nitrogens with one attached hydrogen (secondary N) is 1. The summed E-state index contributed by atoms with van der Waals surface area (Å²) in [5.41, 5.74) is 0.0386. The fourth-order valence-corrected chi connectivity index (χ4v) is 3.79. The summed E-state index contributed by atoms with van der Waals surface area (Å²) in [6.45, 7) is 1.77. The van der Waals surface area contributed by atoms with Gasteiger partial charge in [0.2, 0.25) is 10.0 Å². The molecule has 1 fully saturated rings. The number of sulfonamides is 1. The van der Waals surface area contributed by atoms with Gasteiger partial charge in [-0.05, 0) is 36.6 Å². The Morgan fingerprint density at radius 1 is 1.12 bits per heavy atom. The minimum Gasteiger partial charge on any atom is -0.357 e. The lowest BCUT2D eigenvalue weighted by molar-refractivity contribution is 0.573. The smallest absolute Gasteiger partial charge is 0.216 e. The van der Waals surface area contributed by atoms with E-state index in [4.69, 9.17) is 0 Å². The summed E-state index contributed by atoms with van der Waals surface area (Å²) < 4.78 is 52.9. The quantitative estimate of drug-likeness (QED) is 0.844. The van der Waals surface area contributed by atoms with Crippen LogP contribution < -0.4 is 9.62 Å². The van der Waals surface area contributed by atoms with Crippen molar-refractivity contribution in [1.82, 2.24) is 14.7 Å². The van der Waals surface area contributed by atoms with Gasteiger partial charge in [0.1, 0.15) is 23.3 Å². The van der Waals surface area contributed by atoms with E-state index < -0.39 is 27.4 Å². The van der Waals surface area contributed by atoms with Crippen molar-refractivity contribution in [1.29, 1.82) is 0 Å². The first-order valence-corrected chi connectivity index (χ1v) is 9.56. The molecule has 1 N–H and O–H groups in total. The van der Waals surface area contributed by atoms with Gasteiger partial charge in [-0.3, -0.25) is 0 Å². The van der Waals surface area contributed by atoms with E-state index >= 15 is 0 Å². The number of nitrogens with zero attached hydrogens (tertiary/aromatic N) is 3. The summed E-state index contributed by atoms with van der Waals surface area (Å²) in [6.07, 6.45) is 3.80. The highest BCUT2D eigenvalue weighted by Gasteiger charge is 2.16. The molecule has 0 atom stereocenters. The monoisotopic (exact) mass is 368 g/mol. The molecule has 0 bridgehead atoms. The van der Waals surface area contributed by atoms with Gasteiger partial charge >= 0.3 is 0 Å². The average Bonchev–Trinajstić information content (AvgIpc) is 3.06. The van der Waals surface area contributed by atoms with Crippen LogP contribution in [0.1, 0.15) is 24.2 Å². The fraction of sp³-hybridized carbons (Fsp3) is 0.375. The molecule has 1 saturated heterocycles. The minimum atomic E-state index is -3.78. The van der Waals surface area contributed by atoms with Crippen LogP contribution in [-0.2, 0) is 22.3 Å². The van der Waals surface area contributed by atoms with Crippen LogP contribution in [0.4, 0.5) is 14.6 Å². The molecule has 2 aromatic rings. The molecular formula is C16H18F2N4O2S. The molecule has 6 nitrogen and oxygen atoms in total. The van der Waals surface area contributed by atoms with Crippen LogP contribution in [0.2, 0.25) is 0 Å². The van der Waals surface area contributed by atoms with Gasteiger partial charge < -0.3 is 4.90 Å². The van der Waals surface area contributed by atoms with Crippen LogP contribution in [0.3, 0.4) is 0 Å². The first kappa shape index (κ1) is 17.7. The van der Waals surface area contributed by atoms with Crippen molar-refractivity contribution < 1.29 is 17.2 Å². The van der Waals surface area contributed by atoms with Gasteiger partial charge in [-0.15, -0.1) is 0 Å². The van der Waals surface area contributed by atoms with Crippen LogP contribution in [0.15, 0.2) is 30.5 Å². The zero-order valence-corrected chi connectivity index (χ0v) is 14.3. The van der Waals surface area contributed by atoms with E-state index in [0.29, 0.717) is 11.9 Å². The molecule has 9 heteroatoms. The fourth-order valence-electron chi connectivity index (χ4n) is 2.74. The second-order valence-corrected chi connectivity index (χ2v) is 7.69. The summed E-state index contributed by atoms with van der Waals surface area (Å²) >= 11 is 0. The summed E-state index contributed by atoms with van der Waals surface area (Å²) in [4.78, 5) is 10.5. The Labute approximate surface area is 145 Å². The van der Waals surface area contributed by atoms with Crippen LogP contribution >= 0.6 is 0 Å². The number of rotatable bonds is 6. The van der Waals surface area contributed by atoms with Crippen molar-refractivity contribution in [3.63, 3.8) is 0 Å². The summed E-state index contributed by atoms with van der Waals surface area (Å²) in [5.74, 6) is -1.03. The molecule has 0 amide bonds. The molecule has 25 heavy (non-hydrogen) atoms. The Hall–Kier alpha value is -2.13. The lowest BCUT2D eigenvalue weighted by Gasteiger charge is -2.16. The molecule has 0 unspecified atom stereocenters. The molecule has 1 aromatic heterocycles. The van der Waals surface area contributed by atoms with Crippen molar-refractivity contribution >= 4 is 15.8 Å². The topological polar surface area (TPSA) is 75.2 Å². The third-order valence-electron chi connectivity index (χ3n) is 3.85. The highest BCUT2D eigenvalue weighted by molar-refractivity contribution is 7.88. The van der Waals surface area contributed by atoms with Gasteiger partial charge in [-0.2, -0.15) is 0 Å². The van der Waals surface area contributed by atoms with E-state index in [9.17, 15) is 17.2 Å². The van der Waals surface area contributed by atoms with Crippen molar-refractivity contribution in [3.05, 3.63) is 53.5 Å². The molecule has 0 aliphatic carbocycles. The molecule has 0 saturated carbocycles. The third-order valence-corrected chi connectivity index (χ3v) is 5.15. The largest absolute Gasteiger partial charge is 0.357 e. The van der Waals surface area contributed by atoms with E-state index in [1.54, 1.807) is 12.3 Å². The summed E-state index contributed by atoms with van der Waals surface area (Å²) in [7, 11) is -3.78. The zero-order chi connectivity index (χ0) is 17.9. The average molecular weight is 368 g/mol. The maximum absolute atomic E-state index is 13.2. The van der Waals surface area contributed by atoms with Crippen molar-refractivity contribution in [2.75, 3.05) is 18.0 Å². The lowest BCUT2D eigenvalue weighted by Crippen LogP contribution is -2.26. The number of hydrogen-bond donors (Lipinski definition) is 1. The first-order valence-electron chi connectivity index (χ1n) is 7.90. The molecule has 1 aliphatic rings. The van der Waals surface area contributed by atoms with E-state index in [1.165, 1.54) is 0 Å². The Morgan fingerprint density at radius 2 is 1.80 bits per heavy atom.